The van der Waals surface area contributed by atoms with Crippen LogP contribution in [0.15, 0.2) is 48.5 Å². The molecule has 0 spiro atoms. The standard InChI is InChI=1S/C19H19F3N2O2/c20-19(21,22)15-3-1-14(2-4-15)13-18(26)24-11-9-23(10-12-24)16-5-7-17(25)8-6-16/h1-8,25H,9-13H2. The Morgan fingerprint density at radius 3 is 2.04 bits per heavy atom. The molecule has 1 fully saturated rings. The maximum Gasteiger partial charge on any atom is 0.416 e. The van der Waals surface area contributed by atoms with E-state index in [1.54, 1.807) is 17.0 Å². The number of aromatic hydroxyl groups is 1. The molecule has 0 aromatic heterocycles. The molecule has 0 aliphatic carbocycles. The molecule has 2 aromatic rings. The predicted octanol–water partition coefficient (Wildman–Crippen LogP) is 3.30. The molecule has 138 valence electrons. The van der Waals surface area contributed by atoms with Gasteiger partial charge in [-0.2, -0.15) is 13.2 Å². The summed E-state index contributed by atoms with van der Waals surface area (Å²) in [4.78, 5) is 16.2. The Bertz CT molecular complexity index is 750. The molecule has 0 saturated carbocycles. The van der Waals surface area contributed by atoms with Crippen molar-refractivity contribution >= 4 is 11.6 Å². The highest BCUT2D eigenvalue weighted by molar-refractivity contribution is 5.79. The molecule has 26 heavy (non-hydrogen) atoms. The number of rotatable bonds is 3. The average molecular weight is 364 g/mol. The maximum absolute atomic E-state index is 12.6. The molecular formula is C19H19F3N2O2. The molecule has 0 bridgehead atoms. The second-order valence-corrected chi connectivity index (χ2v) is 6.26. The molecule has 1 saturated heterocycles. The second-order valence-electron chi connectivity index (χ2n) is 6.26. The van der Waals surface area contributed by atoms with Crippen LogP contribution in [0.3, 0.4) is 0 Å². The van der Waals surface area contributed by atoms with Crippen molar-refractivity contribution in [1.82, 2.24) is 4.90 Å². The van der Waals surface area contributed by atoms with E-state index in [0.29, 0.717) is 31.7 Å². The number of carbonyl (C=O) groups is 1. The van der Waals surface area contributed by atoms with Crippen LogP contribution in [0, 0.1) is 0 Å². The molecule has 1 heterocycles. The third-order valence-electron chi connectivity index (χ3n) is 4.48. The summed E-state index contributed by atoms with van der Waals surface area (Å²) in [6, 6.07) is 11.6. The van der Waals surface area contributed by atoms with Crippen molar-refractivity contribution in [3.63, 3.8) is 0 Å². The van der Waals surface area contributed by atoms with Gasteiger partial charge in [-0.05, 0) is 42.0 Å². The summed E-state index contributed by atoms with van der Waals surface area (Å²) in [7, 11) is 0. The smallest absolute Gasteiger partial charge is 0.416 e. The van der Waals surface area contributed by atoms with Crippen LogP contribution in [0.25, 0.3) is 0 Å². The van der Waals surface area contributed by atoms with Crippen molar-refractivity contribution in [3.8, 4) is 5.75 Å². The third kappa shape index (κ3) is 4.28. The number of hydrogen-bond donors (Lipinski definition) is 1. The molecule has 1 aliphatic heterocycles. The normalized spacial score (nSPS) is 15.2. The summed E-state index contributed by atoms with van der Waals surface area (Å²) < 4.78 is 37.7. The number of benzene rings is 2. The van der Waals surface area contributed by atoms with E-state index in [1.807, 2.05) is 12.1 Å². The van der Waals surface area contributed by atoms with Gasteiger partial charge in [0.15, 0.2) is 0 Å². The molecule has 1 amide bonds. The fraction of sp³-hybridized carbons (Fsp3) is 0.316. The Morgan fingerprint density at radius 2 is 1.50 bits per heavy atom. The second kappa shape index (κ2) is 7.27. The van der Waals surface area contributed by atoms with Gasteiger partial charge >= 0.3 is 6.18 Å². The SMILES string of the molecule is O=C(Cc1ccc(C(F)(F)F)cc1)N1CCN(c2ccc(O)cc2)CC1. The van der Waals surface area contributed by atoms with Crippen LogP contribution in [-0.4, -0.2) is 42.1 Å². The molecule has 0 unspecified atom stereocenters. The van der Waals surface area contributed by atoms with E-state index in [2.05, 4.69) is 4.90 Å². The van der Waals surface area contributed by atoms with E-state index in [4.69, 9.17) is 0 Å². The lowest BCUT2D eigenvalue weighted by Crippen LogP contribution is -2.49. The van der Waals surface area contributed by atoms with E-state index >= 15 is 0 Å². The largest absolute Gasteiger partial charge is 0.508 e. The number of phenolic OH excluding ortho intramolecular Hbond substituents is 1. The molecule has 7 heteroatoms. The molecule has 1 N–H and O–H groups in total. The van der Waals surface area contributed by atoms with Crippen LogP contribution in [0.4, 0.5) is 18.9 Å². The van der Waals surface area contributed by atoms with Crippen molar-refractivity contribution in [2.75, 3.05) is 31.1 Å². The quantitative estimate of drug-likeness (QED) is 0.909. The van der Waals surface area contributed by atoms with Gasteiger partial charge in [-0.3, -0.25) is 4.79 Å². The summed E-state index contributed by atoms with van der Waals surface area (Å²) in [5.41, 5.74) is 0.845. The first-order chi connectivity index (χ1) is 12.3. The van der Waals surface area contributed by atoms with Gasteiger partial charge in [-0.1, -0.05) is 12.1 Å². The Hall–Kier alpha value is -2.70. The fourth-order valence-electron chi connectivity index (χ4n) is 2.98. The molecule has 3 rings (SSSR count). The van der Waals surface area contributed by atoms with Gasteiger partial charge in [0.1, 0.15) is 5.75 Å². The van der Waals surface area contributed by atoms with Crippen LogP contribution < -0.4 is 4.90 Å². The molecule has 0 radical (unpaired) electrons. The number of piperazine rings is 1. The highest BCUT2D eigenvalue weighted by Gasteiger charge is 2.30. The van der Waals surface area contributed by atoms with Gasteiger partial charge in [0, 0.05) is 31.9 Å². The molecule has 1 aliphatic rings. The highest BCUT2D eigenvalue weighted by Crippen LogP contribution is 2.29. The van der Waals surface area contributed by atoms with Crippen LogP contribution in [0.1, 0.15) is 11.1 Å². The van der Waals surface area contributed by atoms with Gasteiger partial charge in [0.05, 0.1) is 12.0 Å². The topological polar surface area (TPSA) is 43.8 Å². The predicted molar refractivity (Wildman–Crippen MR) is 92.0 cm³/mol. The number of carbonyl (C=O) groups excluding carboxylic acids is 1. The number of anilines is 1. The zero-order chi connectivity index (χ0) is 18.7. The lowest BCUT2D eigenvalue weighted by atomic mass is 10.1. The summed E-state index contributed by atoms with van der Waals surface area (Å²) in [5.74, 6) is 0.120. The lowest BCUT2D eigenvalue weighted by molar-refractivity contribution is -0.137. The van der Waals surface area contributed by atoms with E-state index in [-0.39, 0.29) is 18.1 Å². The number of alkyl halides is 3. The molecule has 0 atom stereocenters. The van der Waals surface area contributed by atoms with Gasteiger partial charge in [-0.25, -0.2) is 0 Å². The van der Waals surface area contributed by atoms with Crippen molar-refractivity contribution in [2.45, 2.75) is 12.6 Å². The van der Waals surface area contributed by atoms with Crippen LogP contribution in [0.5, 0.6) is 5.75 Å². The van der Waals surface area contributed by atoms with E-state index < -0.39 is 11.7 Å². The third-order valence-corrected chi connectivity index (χ3v) is 4.48. The zero-order valence-electron chi connectivity index (χ0n) is 14.0. The van der Waals surface area contributed by atoms with Crippen LogP contribution >= 0.6 is 0 Å². The minimum Gasteiger partial charge on any atom is -0.508 e. The Morgan fingerprint density at radius 1 is 0.923 bits per heavy atom. The maximum atomic E-state index is 12.6. The van der Waals surface area contributed by atoms with E-state index in [1.165, 1.54) is 12.1 Å². The van der Waals surface area contributed by atoms with Gasteiger partial charge in [0.2, 0.25) is 5.91 Å². The number of halogens is 3. The Kier molecular flexibility index (Phi) is 5.06. The summed E-state index contributed by atoms with van der Waals surface area (Å²) in [6.45, 7) is 2.45. The fourth-order valence-corrected chi connectivity index (χ4v) is 2.98. The van der Waals surface area contributed by atoms with Crippen LogP contribution in [0.2, 0.25) is 0 Å². The minimum absolute atomic E-state index is 0.0879. The average Bonchev–Trinajstić information content (AvgIpc) is 2.62. The summed E-state index contributed by atoms with van der Waals surface area (Å²) in [6.07, 6.45) is -4.27. The van der Waals surface area contributed by atoms with E-state index in [9.17, 15) is 23.1 Å². The first-order valence-corrected chi connectivity index (χ1v) is 8.31. The minimum atomic E-state index is -4.37. The van der Waals surface area contributed by atoms with E-state index in [0.717, 1.165) is 17.8 Å². The van der Waals surface area contributed by atoms with Gasteiger partial charge in [0.25, 0.3) is 0 Å². The Labute approximate surface area is 149 Å². The van der Waals surface area contributed by atoms with Crippen molar-refractivity contribution in [1.29, 1.82) is 0 Å². The van der Waals surface area contributed by atoms with Gasteiger partial charge in [-0.15, -0.1) is 0 Å². The number of nitrogens with zero attached hydrogens (tertiary/aromatic N) is 2. The molecule has 4 nitrogen and oxygen atoms in total. The summed E-state index contributed by atoms with van der Waals surface area (Å²) in [5, 5.41) is 9.34. The highest BCUT2D eigenvalue weighted by atomic mass is 19.4. The van der Waals surface area contributed by atoms with Gasteiger partial charge < -0.3 is 14.9 Å². The van der Waals surface area contributed by atoms with Crippen LogP contribution in [-0.2, 0) is 17.4 Å². The first-order valence-electron chi connectivity index (χ1n) is 8.31. The van der Waals surface area contributed by atoms with Crippen molar-refractivity contribution in [3.05, 3.63) is 59.7 Å². The molecular weight excluding hydrogens is 345 g/mol. The number of phenols is 1. The van der Waals surface area contributed by atoms with Crippen molar-refractivity contribution < 1.29 is 23.1 Å². The lowest BCUT2D eigenvalue weighted by Gasteiger charge is -2.36. The summed E-state index contributed by atoms with van der Waals surface area (Å²) >= 11 is 0. The zero-order valence-corrected chi connectivity index (χ0v) is 14.0. The Balaban J connectivity index is 1.54. The monoisotopic (exact) mass is 364 g/mol. The number of amides is 1. The first kappa shape index (κ1) is 18.1. The van der Waals surface area contributed by atoms with Crippen molar-refractivity contribution in [2.24, 2.45) is 0 Å². The number of hydrogen-bond acceptors (Lipinski definition) is 3. The molecule has 2 aromatic carbocycles.